The SMILES string of the molecule is Cn1cccc1C1CCCN1C(=O)/C=C/c1cccc(C#N)c1. The molecule has 4 heteroatoms. The molecule has 1 unspecified atom stereocenters. The van der Waals surface area contributed by atoms with Crippen LogP contribution in [-0.4, -0.2) is 21.9 Å². The summed E-state index contributed by atoms with van der Waals surface area (Å²) >= 11 is 0. The van der Waals surface area contributed by atoms with Gasteiger partial charge in [-0.05, 0) is 48.7 Å². The van der Waals surface area contributed by atoms with Crippen LogP contribution >= 0.6 is 0 Å². The highest BCUT2D eigenvalue weighted by Crippen LogP contribution is 2.32. The molecule has 2 heterocycles. The van der Waals surface area contributed by atoms with Crippen molar-refractivity contribution in [2.45, 2.75) is 18.9 Å². The molecule has 0 saturated carbocycles. The van der Waals surface area contributed by atoms with Gasteiger partial charge in [-0.3, -0.25) is 4.79 Å². The highest BCUT2D eigenvalue weighted by Gasteiger charge is 2.29. The second kappa shape index (κ2) is 6.53. The summed E-state index contributed by atoms with van der Waals surface area (Å²) in [6, 6.07) is 13.6. The smallest absolute Gasteiger partial charge is 0.247 e. The maximum atomic E-state index is 12.6. The van der Waals surface area contributed by atoms with E-state index in [1.165, 1.54) is 5.69 Å². The van der Waals surface area contributed by atoms with Gasteiger partial charge in [-0.15, -0.1) is 0 Å². The van der Waals surface area contributed by atoms with E-state index in [9.17, 15) is 4.79 Å². The van der Waals surface area contributed by atoms with Gasteiger partial charge < -0.3 is 9.47 Å². The molecule has 1 aromatic carbocycles. The van der Waals surface area contributed by atoms with Crippen molar-refractivity contribution in [1.82, 2.24) is 9.47 Å². The number of carbonyl (C=O) groups excluding carboxylic acids is 1. The first-order chi connectivity index (χ1) is 11.2. The van der Waals surface area contributed by atoms with Crippen molar-refractivity contribution >= 4 is 12.0 Å². The zero-order valence-electron chi connectivity index (χ0n) is 13.1. The molecule has 0 bridgehead atoms. The fourth-order valence-electron chi connectivity index (χ4n) is 3.13. The molecule has 0 N–H and O–H groups in total. The second-order valence-electron chi connectivity index (χ2n) is 5.80. The minimum atomic E-state index is 0.0241. The number of aromatic nitrogens is 1. The predicted octanol–water partition coefficient (Wildman–Crippen LogP) is 3.27. The lowest BCUT2D eigenvalue weighted by atomic mass is 10.1. The Morgan fingerprint density at radius 1 is 1.35 bits per heavy atom. The lowest BCUT2D eigenvalue weighted by Gasteiger charge is -2.24. The quantitative estimate of drug-likeness (QED) is 0.817. The van der Waals surface area contributed by atoms with Gasteiger partial charge in [0.25, 0.3) is 0 Å². The highest BCUT2D eigenvalue weighted by molar-refractivity contribution is 5.92. The van der Waals surface area contributed by atoms with E-state index in [4.69, 9.17) is 5.26 Å². The Bertz CT molecular complexity index is 782. The number of carbonyl (C=O) groups is 1. The Morgan fingerprint density at radius 3 is 2.96 bits per heavy atom. The van der Waals surface area contributed by atoms with Crippen LogP contribution in [0.4, 0.5) is 0 Å². The third-order valence-electron chi connectivity index (χ3n) is 4.30. The van der Waals surface area contributed by atoms with Gasteiger partial charge in [0.2, 0.25) is 5.91 Å². The Hall–Kier alpha value is -2.80. The zero-order valence-corrected chi connectivity index (χ0v) is 13.1. The maximum Gasteiger partial charge on any atom is 0.247 e. The number of likely N-dealkylation sites (tertiary alicyclic amines) is 1. The molecular weight excluding hydrogens is 286 g/mol. The van der Waals surface area contributed by atoms with Crippen molar-refractivity contribution < 1.29 is 4.79 Å². The molecule has 1 fully saturated rings. The van der Waals surface area contributed by atoms with E-state index >= 15 is 0 Å². The number of nitrogens with zero attached hydrogens (tertiary/aromatic N) is 3. The number of aryl methyl sites for hydroxylation is 1. The van der Waals surface area contributed by atoms with Crippen molar-refractivity contribution in [2.75, 3.05) is 6.54 Å². The molecule has 1 aromatic heterocycles. The summed E-state index contributed by atoms with van der Waals surface area (Å²) in [4.78, 5) is 14.5. The molecule has 23 heavy (non-hydrogen) atoms. The Labute approximate surface area is 136 Å². The molecule has 1 aliphatic heterocycles. The average molecular weight is 305 g/mol. The van der Waals surface area contributed by atoms with Crippen molar-refractivity contribution in [2.24, 2.45) is 7.05 Å². The normalized spacial score (nSPS) is 17.6. The lowest BCUT2D eigenvalue weighted by Crippen LogP contribution is -2.29. The minimum Gasteiger partial charge on any atom is -0.353 e. The van der Waals surface area contributed by atoms with E-state index in [-0.39, 0.29) is 11.9 Å². The van der Waals surface area contributed by atoms with Crippen LogP contribution in [0.3, 0.4) is 0 Å². The minimum absolute atomic E-state index is 0.0241. The fraction of sp³-hybridized carbons (Fsp3) is 0.263. The van der Waals surface area contributed by atoms with Crippen LogP contribution in [0, 0.1) is 11.3 Å². The number of hydrogen-bond donors (Lipinski definition) is 0. The van der Waals surface area contributed by atoms with E-state index in [1.807, 2.05) is 36.3 Å². The van der Waals surface area contributed by atoms with Crippen molar-refractivity contribution in [3.05, 3.63) is 65.5 Å². The van der Waals surface area contributed by atoms with Crippen LogP contribution in [-0.2, 0) is 11.8 Å². The highest BCUT2D eigenvalue weighted by atomic mass is 16.2. The number of hydrogen-bond acceptors (Lipinski definition) is 2. The number of benzene rings is 1. The van der Waals surface area contributed by atoms with Gasteiger partial charge in [0.05, 0.1) is 17.7 Å². The van der Waals surface area contributed by atoms with Gasteiger partial charge in [0.15, 0.2) is 0 Å². The van der Waals surface area contributed by atoms with Crippen LogP contribution in [0.5, 0.6) is 0 Å². The molecule has 0 radical (unpaired) electrons. The topological polar surface area (TPSA) is 49.0 Å². The summed E-state index contributed by atoms with van der Waals surface area (Å²) < 4.78 is 2.08. The maximum absolute atomic E-state index is 12.6. The molecule has 0 spiro atoms. The summed E-state index contributed by atoms with van der Waals surface area (Å²) in [7, 11) is 2.01. The molecule has 2 aromatic rings. The molecular formula is C19H19N3O. The monoisotopic (exact) mass is 305 g/mol. The largest absolute Gasteiger partial charge is 0.353 e. The van der Waals surface area contributed by atoms with Crippen molar-refractivity contribution in [3.8, 4) is 6.07 Å². The van der Waals surface area contributed by atoms with Gasteiger partial charge in [0, 0.05) is 31.6 Å². The molecule has 0 aliphatic carbocycles. The molecule has 1 amide bonds. The lowest BCUT2D eigenvalue weighted by molar-refractivity contribution is -0.126. The number of nitriles is 1. The van der Waals surface area contributed by atoms with Gasteiger partial charge in [-0.25, -0.2) is 0 Å². The summed E-state index contributed by atoms with van der Waals surface area (Å²) in [5, 5.41) is 8.93. The zero-order chi connectivity index (χ0) is 16.2. The summed E-state index contributed by atoms with van der Waals surface area (Å²) in [5.74, 6) is 0.0241. The fourth-order valence-corrected chi connectivity index (χ4v) is 3.13. The van der Waals surface area contributed by atoms with Gasteiger partial charge in [-0.2, -0.15) is 5.26 Å². The van der Waals surface area contributed by atoms with Crippen LogP contribution in [0.1, 0.15) is 35.7 Å². The Morgan fingerprint density at radius 2 is 2.22 bits per heavy atom. The van der Waals surface area contributed by atoms with Crippen molar-refractivity contribution in [1.29, 1.82) is 5.26 Å². The van der Waals surface area contributed by atoms with E-state index in [1.54, 1.807) is 24.3 Å². The summed E-state index contributed by atoms with van der Waals surface area (Å²) in [5.41, 5.74) is 2.64. The van der Waals surface area contributed by atoms with Crippen LogP contribution in [0.15, 0.2) is 48.7 Å². The molecule has 1 atom stereocenters. The predicted molar refractivity (Wildman–Crippen MR) is 89.3 cm³/mol. The number of rotatable bonds is 3. The Balaban J connectivity index is 1.76. The first-order valence-electron chi connectivity index (χ1n) is 7.79. The third kappa shape index (κ3) is 3.19. The van der Waals surface area contributed by atoms with E-state index in [2.05, 4.69) is 16.7 Å². The molecule has 116 valence electrons. The van der Waals surface area contributed by atoms with Gasteiger partial charge in [0.1, 0.15) is 0 Å². The standard InChI is InChI=1S/C19H19N3O/c1-21-11-3-7-17(21)18-8-4-12-22(18)19(23)10-9-15-5-2-6-16(13-15)14-20/h2-3,5-7,9-11,13,18H,4,8,12H2,1H3/b10-9+. The van der Waals surface area contributed by atoms with Crippen molar-refractivity contribution in [3.63, 3.8) is 0 Å². The Kier molecular flexibility index (Phi) is 4.29. The average Bonchev–Trinajstić information content (AvgIpc) is 3.21. The van der Waals surface area contributed by atoms with E-state index in [0.29, 0.717) is 5.56 Å². The molecule has 1 aliphatic rings. The van der Waals surface area contributed by atoms with Crippen LogP contribution < -0.4 is 0 Å². The molecule has 1 saturated heterocycles. The first-order valence-corrected chi connectivity index (χ1v) is 7.79. The van der Waals surface area contributed by atoms with E-state index < -0.39 is 0 Å². The molecule has 4 nitrogen and oxygen atoms in total. The molecule has 3 rings (SSSR count). The van der Waals surface area contributed by atoms with Crippen LogP contribution in [0.25, 0.3) is 6.08 Å². The first kappa shape index (κ1) is 15.1. The number of amides is 1. The third-order valence-corrected chi connectivity index (χ3v) is 4.30. The van der Waals surface area contributed by atoms with Crippen LogP contribution in [0.2, 0.25) is 0 Å². The summed E-state index contributed by atoms with van der Waals surface area (Å²) in [6.07, 6.45) is 7.43. The van der Waals surface area contributed by atoms with E-state index in [0.717, 1.165) is 24.9 Å². The van der Waals surface area contributed by atoms with Gasteiger partial charge in [-0.1, -0.05) is 12.1 Å². The van der Waals surface area contributed by atoms with Gasteiger partial charge >= 0.3 is 0 Å². The second-order valence-corrected chi connectivity index (χ2v) is 5.80. The summed E-state index contributed by atoms with van der Waals surface area (Å²) in [6.45, 7) is 0.789.